The van der Waals surface area contributed by atoms with E-state index in [1.165, 1.54) is 6.20 Å². The highest BCUT2D eigenvalue weighted by Gasteiger charge is 2.38. The molecule has 16 heavy (non-hydrogen) atoms. The summed E-state index contributed by atoms with van der Waals surface area (Å²) >= 11 is 0. The molecule has 1 aromatic heterocycles. The van der Waals surface area contributed by atoms with Crippen LogP contribution in [0.5, 0.6) is 5.75 Å². The van der Waals surface area contributed by atoms with Gasteiger partial charge in [-0.25, -0.2) is 0 Å². The van der Waals surface area contributed by atoms with Crippen molar-refractivity contribution in [2.75, 3.05) is 6.61 Å². The molecule has 1 aliphatic heterocycles. The van der Waals surface area contributed by atoms with Crippen molar-refractivity contribution in [1.82, 2.24) is 4.98 Å². The van der Waals surface area contributed by atoms with Crippen LogP contribution in [0.2, 0.25) is 0 Å². The molecule has 0 bridgehead atoms. The van der Waals surface area contributed by atoms with Gasteiger partial charge in [0.2, 0.25) is 6.29 Å². The molecule has 0 saturated carbocycles. The van der Waals surface area contributed by atoms with Crippen LogP contribution in [-0.2, 0) is 4.74 Å². The zero-order valence-corrected chi connectivity index (χ0v) is 8.43. The van der Waals surface area contributed by atoms with Crippen molar-refractivity contribution in [1.29, 1.82) is 0 Å². The van der Waals surface area contributed by atoms with Gasteiger partial charge < -0.3 is 24.8 Å². The first-order chi connectivity index (χ1) is 7.68. The highest BCUT2D eigenvalue weighted by Crippen LogP contribution is 2.19. The van der Waals surface area contributed by atoms with Crippen LogP contribution < -0.4 is 4.74 Å². The van der Waals surface area contributed by atoms with E-state index in [1.807, 2.05) is 0 Å². The molecule has 6 heteroatoms. The van der Waals surface area contributed by atoms with Gasteiger partial charge in [0.05, 0.1) is 12.8 Å². The highest BCUT2D eigenvalue weighted by atomic mass is 16.7. The summed E-state index contributed by atoms with van der Waals surface area (Å²) in [5, 5.41) is 28.2. The Kier molecular flexibility index (Phi) is 3.35. The number of pyridine rings is 1. The van der Waals surface area contributed by atoms with Crippen molar-refractivity contribution >= 4 is 0 Å². The molecule has 1 aromatic rings. The minimum absolute atomic E-state index is 0.0802. The Morgan fingerprint density at radius 3 is 2.81 bits per heavy atom. The smallest absolute Gasteiger partial charge is 0.228 e. The van der Waals surface area contributed by atoms with Gasteiger partial charge in [-0.1, -0.05) is 0 Å². The minimum atomic E-state index is -1.29. The summed E-state index contributed by atoms with van der Waals surface area (Å²) in [5.41, 5.74) is 0. The number of ether oxygens (including phenoxy) is 2. The third kappa shape index (κ3) is 2.30. The van der Waals surface area contributed by atoms with Crippen molar-refractivity contribution in [2.24, 2.45) is 0 Å². The molecular weight excluding hydrogens is 214 g/mol. The van der Waals surface area contributed by atoms with Crippen LogP contribution >= 0.6 is 0 Å². The van der Waals surface area contributed by atoms with Crippen LogP contribution in [0.3, 0.4) is 0 Å². The van der Waals surface area contributed by atoms with E-state index in [0.29, 0.717) is 5.75 Å². The molecule has 0 aliphatic carbocycles. The van der Waals surface area contributed by atoms with Gasteiger partial charge in [0, 0.05) is 6.20 Å². The van der Waals surface area contributed by atoms with Gasteiger partial charge in [-0.3, -0.25) is 4.98 Å². The fourth-order valence-corrected chi connectivity index (χ4v) is 1.43. The monoisotopic (exact) mass is 227 g/mol. The molecule has 0 spiro atoms. The normalized spacial score (nSPS) is 34.7. The third-order valence-corrected chi connectivity index (χ3v) is 2.34. The molecule has 0 aromatic carbocycles. The second-order valence-electron chi connectivity index (χ2n) is 3.56. The van der Waals surface area contributed by atoms with Crippen LogP contribution in [-0.4, -0.2) is 51.5 Å². The maximum Gasteiger partial charge on any atom is 0.228 e. The van der Waals surface area contributed by atoms with Crippen LogP contribution in [0.15, 0.2) is 24.5 Å². The van der Waals surface area contributed by atoms with E-state index in [2.05, 4.69) is 4.98 Å². The Labute approximate surface area is 92.1 Å². The van der Waals surface area contributed by atoms with E-state index in [0.717, 1.165) is 0 Å². The first kappa shape index (κ1) is 11.3. The standard InChI is InChI=1S/C10H13NO5/c12-7-5-15-10(9(14)8(7)13)16-6-2-1-3-11-4-6/h1-4,7-10,12-14H,5H2/t7-,8+,9-,10+/m1/s1. The summed E-state index contributed by atoms with van der Waals surface area (Å²) in [6, 6.07) is 3.33. The molecule has 1 saturated heterocycles. The SMILES string of the molecule is O[C@@H]1[C@@H](O)[C@H](Oc2cccnc2)OC[C@H]1O. The van der Waals surface area contributed by atoms with Crippen LogP contribution in [0, 0.1) is 0 Å². The molecule has 0 radical (unpaired) electrons. The lowest BCUT2D eigenvalue weighted by atomic mass is 10.1. The lowest BCUT2D eigenvalue weighted by Gasteiger charge is -2.34. The molecule has 4 atom stereocenters. The second-order valence-corrected chi connectivity index (χ2v) is 3.56. The summed E-state index contributed by atoms with van der Waals surface area (Å²) in [7, 11) is 0. The zero-order valence-electron chi connectivity index (χ0n) is 8.43. The van der Waals surface area contributed by atoms with Crippen molar-refractivity contribution < 1.29 is 24.8 Å². The highest BCUT2D eigenvalue weighted by molar-refractivity contribution is 5.15. The van der Waals surface area contributed by atoms with Crippen LogP contribution in [0.4, 0.5) is 0 Å². The fraction of sp³-hybridized carbons (Fsp3) is 0.500. The van der Waals surface area contributed by atoms with E-state index < -0.39 is 24.6 Å². The number of aliphatic hydroxyl groups is 3. The number of rotatable bonds is 2. The van der Waals surface area contributed by atoms with E-state index >= 15 is 0 Å². The Balaban J connectivity index is 2.00. The predicted molar refractivity (Wildman–Crippen MR) is 52.6 cm³/mol. The fourth-order valence-electron chi connectivity index (χ4n) is 1.43. The summed E-state index contributed by atoms with van der Waals surface area (Å²) in [6.07, 6.45) is -1.59. The van der Waals surface area contributed by atoms with Crippen LogP contribution in [0.1, 0.15) is 0 Å². The van der Waals surface area contributed by atoms with Gasteiger partial charge >= 0.3 is 0 Å². The largest absolute Gasteiger partial charge is 0.460 e. The van der Waals surface area contributed by atoms with Crippen LogP contribution in [0.25, 0.3) is 0 Å². The summed E-state index contributed by atoms with van der Waals surface area (Å²) in [4.78, 5) is 3.84. The van der Waals surface area contributed by atoms with Crippen molar-refractivity contribution in [3.8, 4) is 5.75 Å². The molecule has 0 amide bonds. The molecule has 1 aliphatic rings. The average Bonchev–Trinajstić information content (AvgIpc) is 2.31. The predicted octanol–water partition coefficient (Wildman–Crippen LogP) is -1.10. The average molecular weight is 227 g/mol. The minimum Gasteiger partial charge on any atom is -0.460 e. The molecule has 2 heterocycles. The van der Waals surface area contributed by atoms with E-state index in [9.17, 15) is 15.3 Å². The molecule has 88 valence electrons. The molecule has 3 N–H and O–H groups in total. The molecule has 1 fully saturated rings. The van der Waals surface area contributed by atoms with Gasteiger partial charge in [-0.2, -0.15) is 0 Å². The summed E-state index contributed by atoms with van der Waals surface area (Å²) in [6.45, 7) is -0.0802. The maximum atomic E-state index is 9.59. The number of aromatic nitrogens is 1. The molecular formula is C10H13NO5. The van der Waals surface area contributed by atoms with E-state index in [1.54, 1.807) is 18.3 Å². The van der Waals surface area contributed by atoms with Gasteiger partial charge in [-0.15, -0.1) is 0 Å². The van der Waals surface area contributed by atoms with Crippen molar-refractivity contribution in [3.05, 3.63) is 24.5 Å². The number of nitrogens with zero attached hydrogens (tertiary/aromatic N) is 1. The first-order valence-corrected chi connectivity index (χ1v) is 4.91. The molecule has 0 unspecified atom stereocenters. The topological polar surface area (TPSA) is 92.0 Å². The zero-order chi connectivity index (χ0) is 11.5. The lowest BCUT2D eigenvalue weighted by molar-refractivity contribution is -0.242. The van der Waals surface area contributed by atoms with Gasteiger partial charge in [0.15, 0.2) is 0 Å². The van der Waals surface area contributed by atoms with Gasteiger partial charge in [0.1, 0.15) is 24.1 Å². The lowest BCUT2D eigenvalue weighted by Crippen LogP contribution is -2.54. The number of hydrogen-bond donors (Lipinski definition) is 3. The Morgan fingerprint density at radius 2 is 2.12 bits per heavy atom. The Hall–Kier alpha value is -1.21. The maximum absolute atomic E-state index is 9.59. The van der Waals surface area contributed by atoms with Gasteiger partial charge in [0.25, 0.3) is 0 Å². The van der Waals surface area contributed by atoms with E-state index in [-0.39, 0.29) is 6.61 Å². The van der Waals surface area contributed by atoms with E-state index in [4.69, 9.17) is 9.47 Å². The summed E-state index contributed by atoms with van der Waals surface area (Å²) < 4.78 is 10.3. The van der Waals surface area contributed by atoms with Crippen molar-refractivity contribution in [3.63, 3.8) is 0 Å². The van der Waals surface area contributed by atoms with Gasteiger partial charge in [-0.05, 0) is 12.1 Å². The number of hydrogen-bond acceptors (Lipinski definition) is 6. The molecule has 6 nitrogen and oxygen atoms in total. The van der Waals surface area contributed by atoms with Crippen molar-refractivity contribution in [2.45, 2.75) is 24.6 Å². The molecule has 2 rings (SSSR count). The Bertz CT molecular complexity index is 333. The summed E-state index contributed by atoms with van der Waals surface area (Å²) in [5.74, 6) is 0.426. The third-order valence-electron chi connectivity index (χ3n) is 2.34. The first-order valence-electron chi connectivity index (χ1n) is 4.91. The number of aliphatic hydroxyl groups excluding tert-OH is 3. The Morgan fingerprint density at radius 1 is 1.31 bits per heavy atom. The quantitative estimate of drug-likeness (QED) is 0.594. The second kappa shape index (κ2) is 4.75.